The van der Waals surface area contributed by atoms with Gasteiger partial charge in [0.2, 0.25) is 0 Å². The van der Waals surface area contributed by atoms with Crippen LogP contribution < -0.4 is 5.32 Å². The fourth-order valence-corrected chi connectivity index (χ4v) is 1.75. The van der Waals surface area contributed by atoms with E-state index in [9.17, 15) is 22.8 Å². The zero-order chi connectivity index (χ0) is 13.8. The van der Waals surface area contributed by atoms with E-state index in [1.807, 2.05) is 0 Å². The van der Waals surface area contributed by atoms with Crippen LogP contribution in [0.4, 0.5) is 18.0 Å². The first-order valence-corrected chi connectivity index (χ1v) is 5.64. The fraction of sp³-hybridized carbons (Fsp3) is 0.800. The van der Waals surface area contributed by atoms with E-state index in [0.29, 0.717) is 12.8 Å². The van der Waals surface area contributed by atoms with Crippen LogP contribution in [0.2, 0.25) is 0 Å². The Hall–Kier alpha value is -1.47. The van der Waals surface area contributed by atoms with E-state index in [1.165, 1.54) is 0 Å². The number of piperidine rings is 1. The molecule has 0 aliphatic carbocycles. The maximum atomic E-state index is 12.2. The molecule has 1 aliphatic rings. The number of nitrogens with zero attached hydrogens (tertiary/aromatic N) is 1. The molecule has 5 nitrogen and oxygen atoms in total. The van der Waals surface area contributed by atoms with Crippen LogP contribution in [0, 0.1) is 0 Å². The molecule has 1 fully saturated rings. The zero-order valence-corrected chi connectivity index (χ0v) is 9.92. The zero-order valence-electron chi connectivity index (χ0n) is 9.92. The number of nitrogens with one attached hydrogen (secondary N) is 1. The van der Waals surface area contributed by atoms with Crippen molar-refractivity contribution in [3.63, 3.8) is 0 Å². The Morgan fingerprint density at radius 1 is 1.33 bits per heavy atom. The van der Waals surface area contributed by atoms with E-state index in [4.69, 9.17) is 0 Å². The lowest BCUT2D eigenvalue weighted by Crippen LogP contribution is -2.50. The van der Waals surface area contributed by atoms with Gasteiger partial charge in [0, 0.05) is 19.1 Å². The molecule has 0 saturated carbocycles. The number of likely N-dealkylation sites (tertiary alicyclic amines) is 1. The van der Waals surface area contributed by atoms with E-state index in [2.05, 4.69) is 10.1 Å². The highest BCUT2D eigenvalue weighted by Gasteiger charge is 2.43. The van der Waals surface area contributed by atoms with Gasteiger partial charge in [0.15, 0.2) is 0 Å². The molecule has 0 bridgehead atoms. The standard InChI is InChI=1S/C10H15F3N2O3/c1-2-18-9(17)14-7-3-5-15(6-4-7)8(16)10(11,12)13/h7H,2-6H2,1H3,(H,14,17). The van der Waals surface area contributed by atoms with Crippen LogP contribution in [0.15, 0.2) is 0 Å². The van der Waals surface area contributed by atoms with Gasteiger partial charge in [-0.3, -0.25) is 4.79 Å². The van der Waals surface area contributed by atoms with Gasteiger partial charge in [-0.05, 0) is 19.8 Å². The number of alkyl halides is 3. The Bertz CT molecular complexity index is 312. The van der Waals surface area contributed by atoms with Crippen molar-refractivity contribution in [2.45, 2.75) is 32.0 Å². The summed E-state index contributed by atoms with van der Waals surface area (Å²) in [6, 6.07) is -0.249. The van der Waals surface area contributed by atoms with Gasteiger partial charge in [-0.15, -0.1) is 0 Å². The van der Waals surface area contributed by atoms with Crippen LogP contribution in [-0.2, 0) is 9.53 Å². The van der Waals surface area contributed by atoms with Crippen LogP contribution >= 0.6 is 0 Å². The molecule has 18 heavy (non-hydrogen) atoms. The summed E-state index contributed by atoms with van der Waals surface area (Å²) in [4.78, 5) is 22.8. The third-order valence-electron chi connectivity index (χ3n) is 2.62. The normalized spacial score (nSPS) is 17.4. The molecule has 0 unspecified atom stereocenters. The molecule has 1 N–H and O–H groups in total. The van der Waals surface area contributed by atoms with Crippen molar-refractivity contribution in [3.8, 4) is 0 Å². The molecular formula is C10H15F3N2O3. The van der Waals surface area contributed by atoms with Gasteiger partial charge in [0.25, 0.3) is 0 Å². The Balaban J connectivity index is 2.37. The summed E-state index contributed by atoms with van der Waals surface area (Å²) in [6.45, 7) is 1.85. The molecule has 1 rings (SSSR count). The first-order chi connectivity index (χ1) is 8.34. The highest BCUT2D eigenvalue weighted by molar-refractivity contribution is 5.82. The Labute approximate surface area is 102 Å². The third-order valence-corrected chi connectivity index (χ3v) is 2.62. The monoisotopic (exact) mass is 268 g/mol. The van der Waals surface area contributed by atoms with Crippen LogP contribution in [-0.4, -0.2) is 48.8 Å². The summed E-state index contributed by atoms with van der Waals surface area (Å²) in [5, 5.41) is 2.54. The molecule has 2 amide bonds. The average Bonchev–Trinajstić information content (AvgIpc) is 2.28. The average molecular weight is 268 g/mol. The number of carbonyl (C=O) groups excluding carboxylic acids is 2. The number of carbonyl (C=O) groups is 2. The molecule has 1 aliphatic heterocycles. The molecular weight excluding hydrogens is 253 g/mol. The molecule has 0 aromatic rings. The second-order valence-electron chi connectivity index (χ2n) is 3.93. The predicted molar refractivity (Wildman–Crippen MR) is 55.8 cm³/mol. The van der Waals surface area contributed by atoms with Gasteiger partial charge < -0.3 is 15.0 Å². The lowest BCUT2D eigenvalue weighted by atomic mass is 10.1. The second-order valence-corrected chi connectivity index (χ2v) is 3.93. The van der Waals surface area contributed by atoms with Gasteiger partial charge in [0.1, 0.15) is 0 Å². The van der Waals surface area contributed by atoms with Crippen LogP contribution in [0.1, 0.15) is 19.8 Å². The molecule has 0 aromatic heterocycles. The predicted octanol–water partition coefficient (Wildman–Crippen LogP) is 1.29. The summed E-state index contributed by atoms with van der Waals surface area (Å²) >= 11 is 0. The van der Waals surface area contributed by atoms with Crippen molar-refractivity contribution in [1.82, 2.24) is 10.2 Å². The minimum atomic E-state index is -4.83. The summed E-state index contributed by atoms with van der Waals surface area (Å²) in [5.74, 6) is -1.82. The molecule has 1 heterocycles. The van der Waals surface area contributed by atoms with Crippen LogP contribution in [0.5, 0.6) is 0 Å². The number of ether oxygens (including phenoxy) is 1. The summed E-state index contributed by atoms with van der Waals surface area (Å²) in [7, 11) is 0. The molecule has 0 radical (unpaired) electrons. The lowest BCUT2D eigenvalue weighted by molar-refractivity contribution is -0.186. The van der Waals surface area contributed by atoms with E-state index in [1.54, 1.807) is 6.92 Å². The smallest absolute Gasteiger partial charge is 0.450 e. The van der Waals surface area contributed by atoms with Gasteiger partial charge in [-0.25, -0.2) is 4.79 Å². The van der Waals surface area contributed by atoms with E-state index < -0.39 is 18.2 Å². The maximum absolute atomic E-state index is 12.2. The van der Waals surface area contributed by atoms with Crippen molar-refractivity contribution >= 4 is 12.0 Å². The van der Waals surface area contributed by atoms with Gasteiger partial charge in [-0.2, -0.15) is 13.2 Å². The molecule has 1 saturated heterocycles. The number of hydrogen-bond acceptors (Lipinski definition) is 3. The highest BCUT2D eigenvalue weighted by atomic mass is 19.4. The molecule has 0 aromatic carbocycles. The number of halogens is 3. The molecule has 104 valence electrons. The Morgan fingerprint density at radius 2 is 1.89 bits per heavy atom. The minimum absolute atomic E-state index is 0.0184. The molecule has 0 atom stereocenters. The number of hydrogen-bond donors (Lipinski definition) is 1. The largest absolute Gasteiger partial charge is 0.471 e. The van der Waals surface area contributed by atoms with Crippen LogP contribution in [0.25, 0.3) is 0 Å². The number of alkyl carbamates (subject to hydrolysis) is 1. The highest BCUT2D eigenvalue weighted by Crippen LogP contribution is 2.21. The van der Waals surface area contributed by atoms with Crippen molar-refractivity contribution < 1.29 is 27.5 Å². The fourth-order valence-electron chi connectivity index (χ4n) is 1.75. The quantitative estimate of drug-likeness (QED) is 0.821. The maximum Gasteiger partial charge on any atom is 0.471 e. The Morgan fingerprint density at radius 3 is 2.33 bits per heavy atom. The topological polar surface area (TPSA) is 58.6 Å². The van der Waals surface area contributed by atoms with Gasteiger partial charge in [-0.1, -0.05) is 0 Å². The lowest BCUT2D eigenvalue weighted by Gasteiger charge is -2.32. The van der Waals surface area contributed by atoms with E-state index in [0.717, 1.165) is 4.90 Å². The van der Waals surface area contributed by atoms with Gasteiger partial charge >= 0.3 is 18.2 Å². The summed E-state index contributed by atoms with van der Waals surface area (Å²) in [5.41, 5.74) is 0. The van der Waals surface area contributed by atoms with Crippen molar-refractivity contribution in [2.24, 2.45) is 0 Å². The van der Waals surface area contributed by atoms with E-state index >= 15 is 0 Å². The van der Waals surface area contributed by atoms with Crippen molar-refractivity contribution in [2.75, 3.05) is 19.7 Å². The number of amides is 2. The first-order valence-electron chi connectivity index (χ1n) is 5.64. The third kappa shape index (κ3) is 4.08. The SMILES string of the molecule is CCOC(=O)NC1CCN(C(=O)C(F)(F)F)CC1. The van der Waals surface area contributed by atoms with Crippen molar-refractivity contribution in [3.05, 3.63) is 0 Å². The molecule has 0 spiro atoms. The summed E-state index contributed by atoms with van der Waals surface area (Å²) in [6.07, 6.45) is -4.83. The second kappa shape index (κ2) is 5.92. The van der Waals surface area contributed by atoms with E-state index in [-0.39, 0.29) is 25.7 Å². The number of rotatable bonds is 2. The van der Waals surface area contributed by atoms with Crippen LogP contribution in [0.3, 0.4) is 0 Å². The minimum Gasteiger partial charge on any atom is -0.450 e. The van der Waals surface area contributed by atoms with Gasteiger partial charge in [0.05, 0.1) is 6.61 Å². The first kappa shape index (κ1) is 14.6. The Kier molecular flexibility index (Phi) is 4.80. The molecule has 8 heteroatoms. The van der Waals surface area contributed by atoms with Crippen molar-refractivity contribution in [1.29, 1.82) is 0 Å². The summed E-state index contributed by atoms with van der Waals surface area (Å²) < 4.78 is 41.1.